The van der Waals surface area contributed by atoms with Crippen LogP contribution in [0.15, 0.2) is 28.9 Å². The summed E-state index contributed by atoms with van der Waals surface area (Å²) in [5, 5.41) is 4.05. The van der Waals surface area contributed by atoms with Gasteiger partial charge in [-0.3, -0.25) is 4.79 Å². The van der Waals surface area contributed by atoms with E-state index in [1.165, 1.54) is 0 Å². The van der Waals surface area contributed by atoms with Gasteiger partial charge in [0.15, 0.2) is 11.7 Å². The molecule has 0 radical (unpaired) electrons. The van der Waals surface area contributed by atoms with E-state index in [0.29, 0.717) is 6.54 Å². The molecule has 21 heavy (non-hydrogen) atoms. The first kappa shape index (κ1) is 14.3. The van der Waals surface area contributed by atoms with E-state index >= 15 is 0 Å². The van der Waals surface area contributed by atoms with Gasteiger partial charge in [0.1, 0.15) is 5.75 Å². The first-order chi connectivity index (χ1) is 10.2. The van der Waals surface area contributed by atoms with E-state index in [1.807, 2.05) is 31.3 Å². The third kappa shape index (κ3) is 3.03. The molecule has 1 aromatic heterocycles. The first-order valence-electron chi connectivity index (χ1n) is 6.58. The van der Waals surface area contributed by atoms with Crippen molar-refractivity contribution in [3.8, 4) is 5.75 Å². The van der Waals surface area contributed by atoms with Crippen LogP contribution in [0.5, 0.6) is 5.75 Å². The van der Waals surface area contributed by atoms with Crippen molar-refractivity contribution >= 4 is 44.0 Å². The van der Waals surface area contributed by atoms with Gasteiger partial charge in [0.2, 0.25) is 0 Å². The molecule has 0 bridgehead atoms. The van der Waals surface area contributed by atoms with Gasteiger partial charge in [0, 0.05) is 22.1 Å². The zero-order valence-electron chi connectivity index (χ0n) is 11.4. The number of amides is 1. The lowest BCUT2D eigenvalue weighted by atomic mass is 10.2. The Morgan fingerprint density at radius 2 is 2.38 bits per heavy atom. The number of hydrogen-bond donors (Lipinski definition) is 1. The number of rotatable bonds is 4. The monoisotopic (exact) mass is 367 g/mol. The molecule has 2 aromatic rings. The summed E-state index contributed by atoms with van der Waals surface area (Å²) in [7, 11) is 0. The van der Waals surface area contributed by atoms with E-state index in [4.69, 9.17) is 4.74 Å². The number of hydrogen-bond acceptors (Lipinski definition) is 5. The molecule has 1 aromatic carbocycles. The smallest absolute Gasteiger partial charge is 0.265 e. The minimum absolute atomic E-state index is 0.0426. The highest BCUT2D eigenvalue weighted by atomic mass is 79.9. The summed E-state index contributed by atoms with van der Waals surface area (Å²) in [4.78, 5) is 19.2. The highest BCUT2D eigenvalue weighted by Crippen LogP contribution is 2.36. The Labute approximate surface area is 135 Å². The molecule has 2 heterocycles. The molecular weight excluding hydrogens is 354 g/mol. The van der Waals surface area contributed by atoms with Crippen molar-refractivity contribution in [3.63, 3.8) is 0 Å². The Morgan fingerprint density at radius 3 is 3.19 bits per heavy atom. The molecule has 1 aliphatic heterocycles. The van der Waals surface area contributed by atoms with Crippen LogP contribution < -0.4 is 15.0 Å². The van der Waals surface area contributed by atoms with E-state index in [0.717, 1.165) is 32.5 Å². The van der Waals surface area contributed by atoms with Crippen LogP contribution in [-0.2, 0) is 11.3 Å². The molecule has 110 valence electrons. The number of carbonyl (C=O) groups is 1. The Morgan fingerprint density at radius 1 is 1.52 bits per heavy atom. The highest BCUT2D eigenvalue weighted by molar-refractivity contribution is 9.10. The van der Waals surface area contributed by atoms with Crippen LogP contribution in [-0.4, -0.2) is 24.0 Å². The molecule has 7 heteroatoms. The quantitative estimate of drug-likeness (QED) is 0.900. The molecule has 0 atom stereocenters. The summed E-state index contributed by atoms with van der Waals surface area (Å²) in [6.45, 7) is 3.45. The zero-order chi connectivity index (χ0) is 14.8. The topological polar surface area (TPSA) is 54.5 Å². The molecule has 0 unspecified atom stereocenters. The van der Waals surface area contributed by atoms with Gasteiger partial charge in [-0.2, -0.15) is 0 Å². The summed E-state index contributed by atoms with van der Waals surface area (Å²) >= 11 is 5.00. The van der Waals surface area contributed by atoms with Gasteiger partial charge >= 0.3 is 0 Å². The van der Waals surface area contributed by atoms with Gasteiger partial charge in [-0.1, -0.05) is 15.9 Å². The molecule has 0 fully saturated rings. The number of halogens is 1. The number of ether oxygens (including phenoxy) is 1. The van der Waals surface area contributed by atoms with Crippen LogP contribution in [0.4, 0.5) is 10.8 Å². The van der Waals surface area contributed by atoms with Crippen LogP contribution in [0.25, 0.3) is 0 Å². The fourth-order valence-electron chi connectivity index (χ4n) is 2.12. The molecule has 0 saturated heterocycles. The van der Waals surface area contributed by atoms with Crippen molar-refractivity contribution in [3.05, 3.63) is 33.7 Å². The average molecular weight is 368 g/mol. The molecule has 3 rings (SSSR count). The predicted octanol–water partition coefficient (Wildman–Crippen LogP) is 3.26. The fraction of sp³-hybridized carbons (Fsp3) is 0.286. The molecule has 5 nitrogen and oxygen atoms in total. The predicted molar refractivity (Wildman–Crippen MR) is 87.1 cm³/mol. The van der Waals surface area contributed by atoms with Gasteiger partial charge in [0.25, 0.3) is 5.91 Å². The second-order valence-electron chi connectivity index (χ2n) is 4.54. The highest BCUT2D eigenvalue weighted by Gasteiger charge is 2.26. The van der Waals surface area contributed by atoms with Gasteiger partial charge in [-0.25, -0.2) is 4.98 Å². The van der Waals surface area contributed by atoms with Crippen LogP contribution in [0, 0.1) is 0 Å². The Kier molecular flexibility index (Phi) is 4.12. The largest absolute Gasteiger partial charge is 0.482 e. The van der Waals surface area contributed by atoms with Crippen LogP contribution in [0.1, 0.15) is 11.8 Å². The van der Waals surface area contributed by atoms with Crippen molar-refractivity contribution in [1.29, 1.82) is 0 Å². The lowest BCUT2D eigenvalue weighted by Crippen LogP contribution is -2.38. The average Bonchev–Trinajstić information content (AvgIpc) is 2.90. The summed E-state index contributed by atoms with van der Waals surface area (Å²) in [5.74, 6) is 0.688. The summed E-state index contributed by atoms with van der Waals surface area (Å²) in [6.07, 6.45) is 1.81. The minimum atomic E-state index is -0.0426. The Balaban J connectivity index is 1.87. The number of nitrogens with one attached hydrogen (secondary N) is 1. The lowest BCUT2D eigenvalue weighted by molar-refractivity contribution is -0.121. The first-order valence-corrected chi connectivity index (χ1v) is 8.19. The van der Waals surface area contributed by atoms with Crippen molar-refractivity contribution in [2.24, 2.45) is 0 Å². The lowest BCUT2D eigenvalue weighted by Gasteiger charge is -2.29. The maximum absolute atomic E-state index is 12.2. The van der Waals surface area contributed by atoms with Crippen LogP contribution >= 0.6 is 27.3 Å². The Bertz CT molecular complexity index is 674. The van der Waals surface area contributed by atoms with Crippen molar-refractivity contribution < 1.29 is 9.53 Å². The number of thiazole rings is 1. The third-order valence-corrected chi connectivity index (χ3v) is 4.49. The summed E-state index contributed by atoms with van der Waals surface area (Å²) in [5.41, 5.74) is 0.791. The number of fused-ring (bicyclic) bond motifs is 1. The molecule has 0 spiro atoms. The SMILES string of the molecule is CCNc1ncc(CN2C(=O)COc3ccc(Br)cc32)s1. The number of carbonyl (C=O) groups excluding carboxylic acids is 1. The molecule has 1 aliphatic rings. The number of aromatic nitrogens is 1. The molecular formula is C14H14BrN3O2S. The standard InChI is InChI=1S/C14H14BrN3O2S/c1-2-16-14-17-6-10(21-14)7-18-11-5-9(15)3-4-12(11)20-8-13(18)19/h3-6H,2,7-8H2,1H3,(H,16,17). The Hall–Kier alpha value is -1.60. The van der Waals surface area contributed by atoms with Crippen molar-refractivity contribution in [2.45, 2.75) is 13.5 Å². The maximum atomic E-state index is 12.2. The van der Waals surface area contributed by atoms with Crippen molar-refractivity contribution in [1.82, 2.24) is 4.98 Å². The third-order valence-electron chi connectivity index (χ3n) is 3.06. The molecule has 1 N–H and O–H groups in total. The second kappa shape index (κ2) is 6.03. The van der Waals surface area contributed by atoms with E-state index in [2.05, 4.69) is 26.2 Å². The number of anilines is 2. The minimum Gasteiger partial charge on any atom is -0.482 e. The molecule has 1 amide bonds. The van der Waals surface area contributed by atoms with Crippen LogP contribution in [0.2, 0.25) is 0 Å². The van der Waals surface area contributed by atoms with Gasteiger partial charge < -0.3 is 15.0 Å². The maximum Gasteiger partial charge on any atom is 0.265 e. The zero-order valence-corrected chi connectivity index (χ0v) is 13.8. The van der Waals surface area contributed by atoms with Gasteiger partial charge in [0.05, 0.1) is 12.2 Å². The van der Waals surface area contributed by atoms with Crippen molar-refractivity contribution in [2.75, 3.05) is 23.4 Å². The second-order valence-corrected chi connectivity index (χ2v) is 6.57. The summed E-state index contributed by atoms with van der Waals surface area (Å²) in [6, 6.07) is 5.68. The van der Waals surface area contributed by atoms with E-state index < -0.39 is 0 Å². The van der Waals surface area contributed by atoms with E-state index in [1.54, 1.807) is 16.2 Å². The molecule has 0 saturated carbocycles. The van der Waals surface area contributed by atoms with Gasteiger partial charge in [-0.15, -0.1) is 11.3 Å². The molecule has 0 aliphatic carbocycles. The number of nitrogens with zero attached hydrogens (tertiary/aromatic N) is 2. The van der Waals surface area contributed by atoms with E-state index in [-0.39, 0.29) is 12.5 Å². The van der Waals surface area contributed by atoms with Crippen LogP contribution in [0.3, 0.4) is 0 Å². The van der Waals surface area contributed by atoms with E-state index in [9.17, 15) is 4.79 Å². The fourth-order valence-corrected chi connectivity index (χ4v) is 3.34. The van der Waals surface area contributed by atoms with Gasteiger partial charge in [-0.05, 0) is 25.1 Å². The normalized spacial score (nSPS) is 13.8. The summed E-state index contributed by atoms with van der Waals surface area (Å²) < 4.78 is 6.38. The number of benzene rings is 1.